The molecule has 0 aromatic heterocycles. The molecule has 80 valence electrons. The van der Waals surface area contributed by atoms with Crippen LogP contribution in [-0.2, 0) is 0 Å². The zero-order valence-electron chi connectivity index (χ0n) is 9.17. The summed E-state index contributed by atoms with van der Waals surface area (Å²) in [6, 6.07) is 0.906. The van der Waals surface area contributed by atoms with Crippen molar-refractivity contribution in [3.63, 3.8) is 0 Å². The predicted octanol–water partition coefficient (Wildman–Crippen LogP) is 2.95. The molecule has 0 aromatic carbocycles. The third-order valence-corrected chi connectivity index (χ3v) is 4.98. The van der Waals surface area contributed by atoms with Crippen molar-refractivity contribution in [2.24, 2.45) is 17.8 Å². The van der Waals surface area contributed by atoms with Crippen LogP contribution in [-0.4, -0.2) is 12.6 Å². The summed E-state index contributed by atoms with van der Waals surface area (Å²) in [5, 5.41) is 3.82. The SMILES string of the molecule is C1CC[C@H]2[C@H](C1)CN[C@H]1CCCC[C@@H]21. The van der Waals surface area contributed by atoms with Crippen molar-refractivity contribution in [2.45, 2.75) is 57.4 Å². The average Bonchev–Trinajstić information content (AvgIpc) is 2.29. The zero-order chi connectivity index (χ0) is 9.38. The first-order chi connectivity index (χ1) is 6.95. The number of hydrogen-bond acceptors (Lipinski definition) is 1. The van der Waals surface area contributed by atoms with E-state index in [9.17, 15) is 0 Å². The van der Waals surface area contributed by atoms with Crippen LogP contribution in [0.1, 0.15) is 51.4 Å². The molecule has 0 unspecified atom stereocenters. The summed E-state index contributed by atoms with van der Waals surface area (Å²) in [5.74, 6) is 3.21. The maximum absolute atomic E-state index is 3.82. The summed E-state index contributed by atoms with van der Waals surface area (Å²) < 4.78 is 0. The van der Waals surface area contributed by atoms with Gasteiger partial charge in [-0.25, -0.2) is 0 Å². The lowest BCUT2D eigenvalue weighted by Gasteiger charge is -2.48. The Labute approximate surface area is 87.7 Å². The van der Waals surface area contributed by atoms with Gasteiger partial charge in [0.05, 0.1) is 0 Å². The predicted molar refractivity (Wildman–Crippen MR) is 59.2 cm³/mol. The third kappa shape index (κ3) is 1.50. The molecular formula is C13H23N. The average molecular weight is 193 g/mol. The van der Waals surface area contributed by atoms with Gasteiger partial charge in [0, 0.05) is 6.04 Å². The fourth-order valence-corrected chi connectivity index (χ4v) is 4.28. The minimum atomic E-state index is 0.906. The van der Waals surface area contributed by atoms with E-state index < -0.39 is 0 Å². The fourth-order valence-electron chi connectivity index (χ4n) is 4.28. The molecule has 0 radical (unpaired) electrons. The first kappa shape index (κ1) is 9.21. The molecule has 0 amide bonds. The number of nitrogens with one attached hydrogen (secondary N) is 1. The first-order valence-electron chi connectivity index (χ1n) is 6.68. The van der Waals surface area contributed by atoms with E-state index in [1.165, 1.54) is 51.5 Å². The van der Waals surface area contributed by atoms with Crippen molar-refractivity contribution in [3.05, 3.63) is 0 Å². The maximum Gasteiger partial charge on any atom is 0.00981 e. The van der Waals surface area contributed by atoms with Gasteiger partial charge in [-0.3, -0.25) is 0 Å². The van der Waals surface area contributed by atoms with Gasteiger partial charge in [0.15, 0.2) is 0 Å². The van der Waals surface area contributed by atoms with E-state index >= 15 is 0 Å². The highest BCUT2D eigenvalue weighted by molar-refractivity contribution is 4.94. The van der Waals surface area contributed by atoms with Crippen LogP contribution in [0.25, 0.3) is 0 Å². The number of hydrogen-bond donors (Lipinski definition) is 1. The van der Waals surface area contributed by atoms with Gasteiger partial charge in [-0.15, -0.1) is 0 Å². The summed E-state index contributed by atoms with van der Waals surface area (Å²) in [5.41, 5.74) is 0. The highest BCUT2D eigenvalue weighted by Crippen LogP contribution is 2.43. The molecule has 2 aliphatic carbocycles. The van der Waals surface area contributed by atoms with Crippen LogP contribution in [0.5, 0.6) is 0 Å². The van der Waals surface area contributed by atoms with Crippen molar-refractivity contribution in [1.82, 2.24) is 5.32 Å². The molecule has 1 N–H and O–H groups in total. The Kier molecular flexibility index (Phi) is 2.53. The Morgan fingerprint density at radius 2 is 1.43 bits per heavy atom. The highest BCUT2D eigenvalue weighted by Gasteiger charge is 2.40. The van der Waals surface area contributed by atoms with Crippen LogP contribution in [0.3, 0.4) is 0 Å². The Morgan fingerprint density at radius 3 is 2.36 bits per heavy atom. The van der Waals surface area contributed by atoms with Gasteiger partial charge >= 0.3 is 0 Å². The van der Waals surface area contributed by atoms with E-state index in [4.69, 9.17) is 0 Å². The van der Waals surface area contributed by atoms with E-state index in [2.05, 4.69) is 5.32 Å². The Bertz CT molecular complexity index is 179. The van der Waals surface area contributed by atoms with Crippen molar-refractivity contribution >= 4 is 0 Å². The van der Waals surface area contributed by atoms with Crippen molar-refractivity contribution in [3.8, 4) is 0 Å². The molecule has 4 atom stereocenters. The molecule has 1 heteroatoms. The lowest BCUT2D eigenvalue weighted by atomic mass is 9.64. The van der Waals surface area contributed by atoms with Gasteiger partial charge in [-0.05, 0) is 50.0 Å². The molecule has 3 rings (SSSR count). The Hall–Kier alpha value is -0.0400. The van der Waals surface area contributed by atoms with E-state index in [1.807, 2.05) is 0 Å². The summed E-state index contributed by atoms with van der Waals surface area (Å²) in [6.07, 6.45) is 12.1. The van der Waals surface area contributed by atoms with Crippen molar-refractivity contribution in [2.75, 3.05) is 6.54 Å². The number of piperidine rings is 1. The second-order valence-electron chi connectivity index (χ2n) is 5.67. The van der Waals surface area contributed by atoms with Crippen LogP contribution in [0, 0.1) is 17.8 Å². The zero-order valence-corrected chi connectivity index (χ0v) is 9.17. The van der Waals surface area contributed by atoms with Gasteiger partial charge < -0.3 is 5.32 Å². The van der Waals surface area contributed by atoms with E-state index in [-0.39, 0.29) is 0 Å². The molecular weight excluding hydrogens is 170 g/mol. The normalized spacial score (nSPS) is 48.0. The minimum absolute atomic E-state index is 0.906. The lowest BCUT2D eigenvalue weighted by molar-refractivity contribution is 0.0555. The highest BCUT2D eigenvalue weighted by atomic mass is 14.9. The number of fused-ring (bicyclic) bond motifs is 3. The van der Waals surface area contributed by atoms with Crippen LogP contribution in [0.4, 0.5) is 0 Å². The van der Waals surface area contributed by atoms with Crippen molar-refractivity contribution in [1.29, 1.82) is 0 Å². The van der Waals surface area contributed by atoms with Gasteiger partial charge in [0.1, 0.15) is 0 Å². The largest absolute Gasteiger partial charge is 0.313 e. The topological polar surface area (TPSA) is 12.0 Å². The first-order valence-corrected chi connectivity index (χ1v) is 6.68. The minimum Gasteiger partial charge on any atom is -0.313 e. The van der Waals surface area contributed by atoms with Crippen LogP contribution in [0.15, 0.2) is 0 Å². The molecule has 2 saturated carbocycles. The monoisotopic (exact) mass is 193 g/mol. The molecule has 1 aliphatic heterocycles. The molecule has 0 bridgehead atoms. The summed E-state index contributed by atoms with van der Waals surface area (Å²) in [4.78, 5) is 0. The van der Waals surface area contributed by atoms with Crippen LogP contribution >= 0.6 is 0 Å². The molecule has 3 aliphatic rings. The second kappa shape index (κ2) is 3.84. The van der Waals surface area contributed by atoms with E-state index in [0.29, 0.717) is 0 Å². The summed E-state index contributed by atoms with van der Waals surface area (Å²) in [7, 11) is 0. The molecule has 14 heavy (non-hydrogen) atoms. The van der Waals surface area contributed by atoms with E-state index in [1.54, 1.807) is 6.42 Å². The molecule has 1 heterocycles. The van der Waals surface area contributed by atoms with Gasteiger partial charge in [0.2, 0.25) is 0 Å². The molecule has 0 spiro atoms. The standard InChI is InChI=1S/C13H23N/c1-2-6-11-10(5-1)9-14-13-8-4-3-7-12(11)13/h10-14H,1-9H2/t10-,11+,12+,13+/m1/s1. The Balaban J connectivity index is 1.74. The van der Waals surface area contributed by atoms with Gasteiger partial charge in [0.25, 0.3) is 0 Å². The van der Waals surface area contributed by atoms with Crippen LogP contribution in [0.2, 0.25) is 0 Å². The Morgan fingerprint density at radius 1 is 0.714 bits per heavy atom. The van der Waals surface area contributed by atoms with Crippen molar-refractivity contribution < 1.29 is 0 Å². The fraction of sp³-hybridized carbons (Fsp3) is 1.00. The smallest absolute Gasteiger partial charge is 0.00981 e. The molecule has 0 aromatic rings. The number of rotatable bonds is 0. The molecule has 3 fully saturated rings. The summed E-state index contributed by atoms with van der Waals surface area (Å²) >= 11 is 0. The second-order valence-corrected chi connectivity index (χ2v) is 5.67. The third-order valence-electron chi connectivity index (χ3n) is 4.98. The van der Waals surface area contributed by atoms with Gasteiger partial charge in [-0.2, -0.15) is 0 Å². The quantitative estimate of drug-likeness (QED) is 0.623. The molecule has 1 nitrogen and oxygen atoms in total. The summed E-state index contributed by atoms with van der Waals surface area (Å²) in [6.45, 7) is 1.34. The van der Waals surface area contributed by atoms with E-state index in [0.717, 1.165) is 23.8 Å². The lowest BCUT2D eigenvalue weighted by Crippen LogP contribution is -2.52. The molecule has 1 saturated heterocycles. The van der Waals surface area contributed by atoms with Crippen LogP contribution < -0.4 is 5.32 Å². The maximum atomic E-state index is 3.82. The van der Waals surface area contributed by atoms with Gasteiger partial charge in [-0.1, -0.05) is 25.7 Å².